The fourth-order valence-electron chi connectivity index (χ4n) is 3.70. The lowest BCUT2D eigenvalue weighted by Gasteiger charge is -2.26. The number of aryl methyl sites for hydroxylation is 1. The van der Waals surface area contributed by atoms with Gasteiger partial charge in [0.15, 0.2) is 0 Å². The molecule has 0 aromatic heterocycles. The molecule has 4 heteroatoms. The van der Waals surface area contributed by atoms with Crippen molar-refractivity contribution in [2.75, 3.05) is 26.9 Å². The second-order valence-corrected chi connectivity index (χ2v) is 6.73. The summed E-state index contributed by atoms with van der Waals surface area (Å²) in [5.41, 5.74) is 2.75. The third kappa shape index (κ3) is 4.25. The first-order chi connectivity index (χ1) is 11.3. The molecule has 3 rings (SSSR count). The van der Waals surface area contributed by atoms with Crippen LogP contribution < -0.4 is 10.1 Å². The maximum Gasteiger partial charge on any atom is 0.220 e. The molecule has 2 atom stereocenters. The van der Waals surface area contributed by atoms with E-state index in [9.17, 15) is 4.79 Å². The van der Waals surface area contributed by atoms with E-state index < -0.39 is 0 Å². The predicted octanol–water partition coefficient (Wildman–Crippen LogP) is 3.05. The quantitative estimate of drug-likeness (QED) is 0.877. The molecule has 0 spiro atoms. The van der Waals surface area contributed by atoms with Gasteiger partial charge in [0, 0.05) is 32.1 Å². The zero-order valence-electron chi connectivity index (χ0n) is 14.0. The average molecular weight is 317 g/mol. The maximum absolute atomic E-state index is 12.1. The summed E-state index contributed by atoms with van der Waals surface area (Å²) in [6.07, 6.45) is 6.11. The molecular formula is C19H27NO3. The van der Waals surface area contributed by atoms with Gasteiger partial charge in [-0.05, 0) is 61.3 Å². The molecule has 0 bridgehead atoms. The zero-order chi connectivity index (χ0) is 16.1. The van der Waals surface area contributed by atoms with Crippen LogP contribution in [0.5, 0.6) is 5.75 Å². The van der Waals surface area contributed by atoms with Gasteiger partial charge in [-0.25, -0.2) is 0 Å². The molecule has 1 fully saturated rings. The van der Waals surface area contributed by atoms with Crippen LogP contribution in [0.1, 0.15) is 49.1 Å². The van der Waals surface area contributed by atoms with Crippen LogP contribution in [0.2, 0.25) is 0 Å². The molecule has 0 radical (unpaired) electrons. The van der Waals surface area contributed by atoms with E-state index in [1.807, 2.05) is 6.07 Å². The van der Waals surface area contributed by atoms with E-state index in [1.165, 1.54) is 17.5 Å². The number of hydrogen-bond acceptors (Lipinski definition) is 3. The van der Waals surface area contributed by atoms with Gasteiger partial charge in [-0.1, -0.05) is 6.07 Å². The fourth-order valence-corrected chi connectivity index (χ4v) is 3.70. The number of carbonyl (C=O) groups is 1. The summed E-state index contributed by atoms with van der Waals surface area (Å²) < 4.78 is 10.7. The second-order valence-electron chi connectivity index (χ2n) is 6.73. The minimum Gasteiger partial charge on any atom is -0.497 e. The van der Waals surface area contributed by atoms with Gasteiger partial charge < -0.3 is 14.8 Å². The number of hydrogen-bond donors (Lipinski definition) is 1. The van der Waals surface area contributed by atoms with Gasteiger partial charge >= 0.3 is 0 Å². The molecular weight excluding hydrogens is 290 g/mol. The molecule has 126 valence electrons. The van der Waals surface area contributed by atoms with Gasteiger partial charge in [0.05, 0.1) is 7.11 Å². The van der Waals surface area contributed by atoms with Crippen LogP contribution in [0.15, 0.2) is 18.2 Å². The number of amides is 1. The molecule has 23 heavy (non-hydrogen) atoms. The Morgan fingerprint density at radius 2 is 2.30 bits per heavy atom. The third-order valence-electron chi connectivity index (χ3n) is 5.14. The van der Waals surface area contributed by atoms with Crippen molar-refractivity contribution in [3.63, 3.8) is 0 Å². The zero-order valence-corrected chi connectivity index (χ0v) is 14.0. The van der Waals surface area contributed by atoms with Crippen LogP contribution in [0.25, 0.3) is 0 Å². The van der Waals surface area contributed by atoms with Crippen molar-refractivity contribution in [2.24, 2.45) is 5.92 Å². The van der Waals surface area contributed by atoms with Crippen molar-refractivity contribution in [1.82, 2.24) is 5.32 Å². The highest BCUT2D eigenvalue weighted by molar-refractivity contribution is 5.75. The number of rotatable bonds is 6. The lowest BCUT2D eigenvalue weighted by Crippen LogP contribution is -2.30. The Morgan fingerprint density at radius 3 is 3.09 bits per heavy atom. The van der Waals surface area contributed by atoms with E-state index in [4.69, 9.17) is 9.47 Å². The van der Waals surface area contributed by atoms with Crippen molar-refractivity contribution in [3.05, 3.63) is 29.3 Å². The molecule has 1 aliphatic carbocycles. The van der Waals surface area contributed by atoms with Crippen LogP contribution in [-0.4, -0.2) is 32.8 Å². The summed E-state index contributed by atoms with van der Waals surface area (Å²) in [6, 6.07) is 6.34. The highest BCUT2D eigenvalue weighted by Crippen LogP contribution is 2.33. The first-order valence-corrected chi connectivity index (χ1v) is 8.77. The van der Waals surface area contributed by atoms with Crippen molar-refractivity contribution >= 4 is 5.91 Å². The Kier molecular flexibility index (Phi) is 5.55. The van der Waals surface area contributed by atoms with E-state index in [0.29, 0.717) is 18.3 Å². The minimum absolute atomic E-state index is 0.178. The lowest BCUT2D eigenvalue weighted by atomic mass is 9.82. The van der Waals surface area contributed by atoms with Gasteiger partial charge in [-0.15, -0.1) is 0 Å². The Labute approximate surface area is 138 Å². The number of ether oxygens (including phenoxy) is 2. The van der Waals surface area contributed by atoms with Crippen molar-refractivity contribution in [2.45, 2.75) is 44.4 Å². The number of benzene rings is 1. The number of methoxy groups -OCH3 is 1. The summed E-state index contributed by atoms with van der Waals surface area (Å²) in [5.74, 6) is 2.11. The van der Waals surface area contributed by atoms with Gasteiger partial charge in [-0.3, -0.25) is 4.79 Å². The molecule has 2 aliphatic rings. The average Bonchev–Trinajstić information content (AvgIpc) is 3.11. The van der Waals surface area contributed by atoms with Gasteiger partial charge in [0.25, 0.3) is 0 Å². The summed E-state index contributed by atoms with van der Waals surface area (Å²) in [5, 5.41) is 3.13. The van der Waals surface area contributed by atoms with Crippen LogP contribution in [-0.2, 0) is 16.0 Å². The molecule has 1 saturated heterocycles. The molecule has 1 amide bonds. The molecule has 0 unspecified atom stereocenters. The van der Waals surface area contributed by atoms with E-state index in [-0.39, 0.29) is 5.91 Å². The normalized spacial score (nSPS) is 23.3. The van der Waals surface area contributed by atoms with Crippen molar-refractivity contribution in [3.8, 4) is 5.75 Å². The van der Waals surface area contributed by atoms with E-state index in [2.05, 4.69) is 17.4 Å². The van der Waals surface area contributed by atoms with E-state index >= 15 is 0 Å². The Balaban J connectivity index is 1.50. The first kappa shape index (κ1) is 16.3. The van der Waals surface area contributed by atoms with Crippen LogP contribution in [0, 0.1) is 5.92 Å². The maximum atomic E-state index is 12.1. The summed E-state index contributed by atoms with van der Waals surface area (Å²) in [4.78, 5) is 12.1. The summed E-state index contributed by atoms with van der Waals surface area (Å²) >= 11 is 0. The van der Waals surface area contributed by atoms with Crippen LogP contribution in [0.4, 0.5) is 0 Å². The van der Waals surface area contributed by atoms with E-state index in [1.54, 1.807) is 7.11 Å². The molecule has 1 aromatic carbocycles. The molecule has 4 nitrogen and oxygen atoms in total. The largest absolute Gasteiger partial charge is 0.497 e. The monoisotopic (exact) mass is 317 g/mol. The smallest absolute Gasteiger partial charge is 0.220 e. The minimum atomic E-state index is 0.178. The Bertz CT molecular complexity index is 537. The number of nitrogens with one attached hydrogen (secondary N) is 1. The first-order valence-electron chi connectivity index (χ1n) is 8.77. The highest BCUT2D eigenvalue weighted by Gasteiger charge is 2.22. The Hall–Kier alpha value is -1.55. The molecule has 1 N–H and O–H groups in total. The van der Waals surface area contributed by atoms with Crippen LogP contribution >= 0.6 is 0 Å². The summed E-state index contributed by atoms with van der Waals surface area (Å²) in [6.45, 7) is 2.43. The van der Waals surface area contributed by atoms with E-state index in [0.717, 1.165) is 51.2 Å². The summed E-state index contributed by atoms with van der Waals surface area (Å²) in [7, 11) is 1.71. The lowest BCUT2D eigenvalue weighted by molar-refractivity contribution is -0.121. The van der Waals surface area contributed by atoms with Crippen molar-refractivity contribution in [1.29, 1.82) is 0 Å². The number of fused-ring (bicyclic) bond motifs is 1. The van der Waals surface area contributed by atoms with Crippen molar-refractivity contribution < 1.29 is 14.3 Å². The Morgan fingerprint density at radius 1 is 1.39 bits per heavy atom. The highest BCUT2D eigenvalue weighted by atomic mass is 16.5. The predicted molar refractivity (Wildman–Crippen MR) is 89.8 cm³/mol. The molecule has 0 saturated carbocycles. The van der Waals surface area contributed by atoms with Gasteiger partial charge in [0.2, 0.25) is 5.91 Å². The number of carbonyl (C=O) groups excluding carboxylic acids is 1. The SMILES string of the molecule is COc1ccc2c(c1)CCC[C@@H]2CNC(=O)CC[C@H]1CCOC1. The standard InChI is InChI=1S/C19H27NO3/c1-22-17-6-7-18-15(11-17)3-2-4-16(18)12-20-19(21)8-5-14-9-10-23-13-14/h6-7,11,14,16H,2-5,8-10,12-13H2,1H3,(H,20,21)/t14-,16+/m0/s1. The second kappa shape index (κ2) is 7.82. The van der Waals surface area contributed by atoms with Gasteiger partial charge in [0.1, 0.15) is 5.75 Å². The molecule has 1 heterocycles. The fraction of sp³-hybridized carbons (Fsp3) is 0.632. The molecule has 1 aromatic rings. The van der Waals surface area contributed by atoms with Crippen LogP contribution in [0.3, 0.4) is 0 Å². The third-order valence-corrected chi connectivity index (χ3v) is 5.14. The van der Waals surface area contributed by atoms with Gasteiger partial charge in [-0.2, -0.15) is 0 Å². The molecule has 1 aliphatic heterocycles. The topological polar surface area (TPSA) is 47.6 Å².